The number of aliphatic hydroxyl groups is 1. The zero-order valence-corrected chi connectivity index (χ0v) is 33.3. The second-order valence-electron chi connectivity index (χ2n) is 17.3. The van der Waals surface area contributed by atoms with Crippen LogP contribution in [0.15, 0.2) is 0 Å². The fourth-order valence-corrected chi connectivity index (χ4v) is 11.6. The number of hydrogen-bond donors (Lipinski definition) is 6. The van der Waals surface area contributed by atoms with E-state index in [1.54, 1.807) is 0 Å². The van der Waals surface area contributed by atoms with Crippen molar-refractivity contribution < 1.29 is 22.3 Å². The van der Waals surface area contributed by atoms with Crippen LogP contribution in [0.1, 0.15) is 138 Å². The Labute approximate surface area is 301 Å². The van der Waals surface area contributed by atoms with E-state index in [9.17, 15) is 18.1 Å². The van der Waals surface area contributed by atoms with Gasteiger partial charge in [0.2, 0.25) is 0 Å². The van der Waals surface area contributed by atoms with Gasteiger partial charge in [0, 0.05) is 6.04 Å². The summed E-state index contributed by atoms with van der Waals surface area (Å²) in [5.41, 5.74) is 5.99. The summed E-state index contributed by atoms with van der Waals surface area (Å²) in [5.74, 6) is 3.34. The molecule has 4 aliphatic carbocycles. The highest BCUT2D eigenvalue weighted by molar-refractivity contribution is 7.80. The summed E-state index contributed by atoms with van der Waals surface area (Å²) in [7, 11) is -2.36. The van der Waals surface area contributed by atoms with Gasteiger partial charge in [-0.05, 0) is 182 Å². The highest BCUT2D eigenvalue weighted by Crippen LogP contribution is 2.68. The van der Waals surface area contributed by atoms with E-state index in [1.165, 1.54) is 83.7 Å². The summed E-state index contributed by atoms with van der Waals surface area (Å²) < 4.78 is 36.8. The van der Waals surface area contributed by atoms with Crippen molar-refractivity contribution >= 4 is 10.4 Å². The van der Waals surface area contributed by atoms with Crippen LogP contribution in [-0.4, -0.2) is 76.1 Å². The van der Waals surface area contributed by atoms with Gasteiger partial charge >= 0.3 is 10.4 Å². The molecule has 4 unspecified atom stereocenters. The van der Waals surface area contributed by atoms with Crippen LogP contribution in [0.5, 0.6) is 0 Å². The molecule has 0 aromatic heterocycles. The lowest BCUT2D eigenvalue weighted by atomic mass is 9.43. The second kappa shape index (κ2) is 20.2. The fourth-order valence-electron chi connectivity index (χ4n) is 11.0. The lowest BCUT2D eigenvalue weighted by Crippen LogP contribution is -2.59. The first-order chi connectivity index (χ1) is 23.2. The van der Waals surface area contributed by atoms with Gasteiger partial charge in [0.05, 0.1) is 12.2 Å². The van der Waals surface area contributed by atoms with Crippen molar-refractivity contribution in [3.8, 4) is 0 Å². The van der Waals surface area contributed by atoms with Crippen LogP contribution < -0.4 is 21.7 Å². The number of unbranched alkanes of at least 4 members (excludes halogenated alkanes) is 2. The Hall–Kier alpha value is -0.330. The maximum atomic E-state index is 11.5. The first-order valence-electron chi connectivity index (χ1n) is 20.3. The molecule has 0 saturated heterocycles. The summed E-state index contributed by atoms with van der Waals surface area (Å²) in [6, 6.07) is 0.599. The largest absolute Gasteiger partial charge is 0.397 e. The molecule has 0 aromatic rings. The first-order valence-corrected chi connectivity index (χ1v) is 21.7. The zero-order chi connectivity index (χ0) is 36.2. The average molecular weight is 715 g/mol. The standard InChI is InChI=1S/C28H51NO5S.C11H27N3/c1-17(2)25(34-35(31,32)33)10-7-18(3)21-8-9-22-26-23(12-14-28(21,22)5)27(4)13-11-20(29-6)15-19(27)16-24(26)30;1-2-3-8-13-9-4-5-10-14-11-6-7-12/h17-26,29-30H,7-16H2,1-6H3,(H,31,32,33);13-14H,2-12H2,1H3/t18-,19-,20?,21-,22?,23?,24-,25-,26?,27+,28-;/m1./s1. The number of nitrogens with one attached hydrogen (secondary N) is 3. The number of rotatable bonds is 19. The number of hydrogen-bond acceptors (Lipinski definition) is 8. The summed E-state index contributed by atoms with van der Waals surface area (Å²) in [5, 5.41) is 21.9. The fraction of sp³-hybridized carbons (Fsp3) is 1.00. The zero-order valence-electron chi connectivity index (χ0n) is 32.5. The van der Waals surface area contributed by atoms with Gasteiger partial charge in [-0.1, -0.05) is 48.0 Å². The smallest absolute Gasteiger partial charge is 0.393 e. The normalized spacial score (nSPS) is 35.5. The quantitative estimate of drug-likeness (QED) is 0.0647. The van der Waals surface area contributed by atoms with E-state index in [2.05, 4.69) is 50.7 Å². The van der Waals surface area contributed by atoms with Gasteiger partial charge < -0.3 is 26.8 Å². The molecule has 4 saturated carbocycles. The van der Waals surface area contributed by atoms with E-state index in [-0.39, 0.29) is 17.4 Å². The molecule has 0 spiro atoms. The SMILES string of the molecule is CCCCNCCCCNCCCN.CNC1CC[C@]2(C)C3CC[C@@]4(C)C(CC[C@@H]4[C@H](C)CC[C@@H](OS(=O)(=O)O)C(C)C)C3[C@H](O)C[C@H]2C1. The van der Waals surface area contributed by atoms with Crippen molar-refractivity contribution in [1.29, 1.82) is 0 Å². The molecule has 10 heteroatoms. The van der Waals surface area contributed by atoms with E-state index in [0.29, 0.717) is 53.4 Å². The lowest BCUT2D eigenvalue weighted by Gasteiger charge is -2.62. The summed E-state index contributed by atoms with van der Waals surface area (Å²) >= 11 is 0. The Morgan fingerprint density at radius 2 is 1.47 bits per heavy atom. The Kier molecular flexibility index (Phi) is 17.8. The third-order valence-electron chi connectivity index (χ3n) is 14.0. The van der Waals surface area contributed by atoms with Crippen LogP contribution in [0.3, 0.4) is 0 Å². The van der Waals surface area contributed by atoms with Crippen molar-refractivity contribution in [1.82, 2.24) is 16.0 Å². The summed E-state index contributed by atoms with van der Waals surface area (Å²) in [4.78, 5) is 0. The van der Waals surface area contributed by atoms with Crippen LogP contribution >= 0.6 is 0 Å². The van der Waals surface area contributed by atoms with Gasteiger partial charge in [-0.2, -0.15) is 8.42 Å². The molecule has 49 heavy (non-hydrogen) atoms. The molecule has 9 nitrogen and oxygen atoms in total. The number of fused-ring (bicyclic) bond motifs is 5. The number of nitrogens with two attached hydrogens (primary N) is 1. The highest BCUT2D eigenvalue weighted by Gasteiger charge is 2.62. The van der Waals surface area contributed by atoms with Crippen LogP contribution in [0.2, 0.25) is 0 Å². The molecule has 290 valence electrons. The van der Waals surface area contributed by atoms with Crippen molar-refractivity contribution in [3.63, 3.8) is 0 Å². The Morgan fingerprint density at radius 1 is 0.857 bits per heavy atom. The minimum atomic E-state index is -4.44. The summed E-state index contributed by atoms with van der Waals surface area (Å²) in [6.45, 7) is 18.8. The van der Waals surface area contributed by atoms with Crippen molar-refractivity contribution in [2.24, 2.45) is 58.0 Å². The molecule has 4 aliphatic rings. The lowest BCUT2D eigenvalue weighted by molar-refractivity contribution is -0.166. The third-order valence-corrected chi connectivity index (χ3v) is 14.5. The second-order valence-corrected chi connectivity index (χ2v) is 18.4. The van der Waals surface area contributed by atoms with Crippen LogP contribution in [-0.2, 0) is 14.6 Å². The van der Waals surface area contributed by atoms with Gasteiger partial charge in [-0.25, -0.2) is 4.18 Å². The van der Waals surface area contributed by atoms with E-state index in [0.717, 1.165) is 38.9 Å². The van der Waals surface area contributed by atoms with E-state index in [4.69, 9.17) is 9.92 Å². The number of aliphatic hydroxyl groups excluding tert-OH is 1. The first kappa shape index (κ1) is 43.1. The molecule has 7 N–H and O–H groups in total. The molecule has 0 amide bonds. The van der Waals surface area contributed by atoms with Gasteiger partial charge in [-0.15, -0.1) is 0 Å². The van der Waals surface area contributed by atoms with Gasteiger partial charge in [0.15, 0.2) is 0 Å². The van der Waals surface area contributed by atoms with Crippen molar-refractivity contribution in [2.75, 3.05) is 39.8 Å². The molecule has 0 heterocycles. The molecule has 0 bridgehead atoms. The van der Waals surface area contributed by atoms with E-state index >= 15 is 0 Å². The van der Waals surface area contributed by atoms with Gasteiger partial charge in [-0.3, -0.25) is 4.55 Å². The van der Waals surface area contributed by atoms with Gasteiger partial charge in [0.1, 0.15) is 0 Å². The molecule has 4 rings (SSSR count). The van der Waals surface area contributed by atoms with Crippen LogP contribution in [0, 0.1) is 52.3 Å². The third kappa shape index (κ3) is 11.8. The van der Waals surface area contributed by atoms with E-state index in [1.807, 2.05) is 13.8 Å². The predicted molar refractivity (Wildman–Crippen MR) is 203 cm³/mol. The molecular weight excluding hydrogens is 637 g/mol. The maximum absolute atomic E-state index is 11.5. The molecule has 0 radical (unpaired) electrons. The Morgan fingerprint density at radius 3 is 2.06 bits per heavy atom. The van der Waals surface area contributed by atoms with E-state index < -0.39 is 16.5 Å². The molecule has 4 fully saturated rings. The summed E-state index contributed by atoms with van der Waals surface area (Å²) in [6.07, 6.45) is 16.7. The molecule has 11 atom stereocenters. The molecule has 0 aromatic carbocycles. The molecule has 0 aliphatic heterocycles. The van der Waals surface area contributed by atoms with Crippen LogP contribution in [0.25, 0.3) is 0 Å². The van der Waals surface area contributed by atoms with Crippen LogP contribution in [0.4, 0.5) is 0 Å². The average Bonchev–Trinajstić information content (AvgIpc) is 3.41. The maximum Gasteiger partial charge on any atom is 0.397 e. The Bertz CT molecular complexity index is 1040. The predicted octanol–water partition coefficient (Wildman–Crippen LogP) is 6.56. The van der Waals surface area contributed by atoms with Gasteiger partial charge in [0.25, 0.3) is 0 Å². The Balaban J connectivity index is 0.000000393. The van der Waals surface area contributed by atoms with Crippen molar-refractivity contribution in [2.45, 2.75) is 156 Å². The van der Waals surface area contributed by atoms with Crippen molar-refractivity contribution in [3.05, 3.63) is 0 Å². The highest BCUT2D eigenvalue weighted by atomic mass is 32.3. The molecular formula is C39H78N4O5S. The monoisotopic (exact) mass is 715 g/mol. The minimum absolute atomic E-state index is 0.0237. The topological polar surface area (TPSA) is 146 Å². The minimum Gasteiger partial charge on any atom is -0.393 e.